The van der Waals surface area contributed by atoms with Crippen molar-refractivity contribution in [2.45, 2.75) is 37.1 Å². The highest BCUT2D eigenvalue weighted by atomic mass is 16.5. The summed E-state index contributed by atoms with van der Waals surface area (Å²) in [4.78, 5) is 20.1. The van der Waals surface area contributed by atoms with Crippen molar-refractivity contribution in [3.8, 4) is 5.75 Å². The number of piperazine rings is 1. The fourth-order valence-corrected chi connectivity index (χ4v) is 5.65. The van der Waals surface area contributed by atoms with Crippen molar-refractivity contribution in [3.05, 3.63) is 65.7 Å². The van der Waals surface area contributed by atoms with Gasteiger partial charge >= 0.3 is 0 Å². The molecule has 2 unspecified atom stereocenters. The van der Waals surface area contributed by atoms with E-state index in [9.17, 15) is 9.90 Å². The van der Waals surface area contributed by atoms with Crippen LogP contribution in [-0.4, -0.2) is 83.2 Å². The number of carbonyl (C=O) groups excluding carboxylic acids is 1. The number of hydrogen-bond acceptors (Lipinski definition) is 5. The third-order valence-electron chi connectivity index (χ3n) is 7.07. The second-order valence-corrected chi connectivity index (χ2v) is 9.35. The van der Waals surface area contributed by atoms with Gasteiger partial charge in [0, 0.05) is 45.3 Å². The molecule has 2 aromatic carbocycles. The fraction of sp³-hybridized carbons (Fsp3) is 0.480. The van der Waals surface area contributed by atoms with Crippen LogP contribution in [0.1, 0.15) is 17.5 Å². The van der Waals surface area contributed by atoms with Crippen molar-refractivity contribution in [1.82, 2.24) is 14.7 Å². The van der Waals surface area contributed by atoms with Crippen molar-refractivity contribution in [3.63, 3.8) is 0 Å². The molecule has 31 heavy (non-hydrogen) atoms. The number of aliphatic hydroxyl groups excluding tert-OH is 1. The first kappa shape index (κ1) is 20.5. The summed E-state index contributed by atoms with van der Waals surface area (Å²) in [5, 5.41) is 10.4. The minimum Gasteiger partial charge on any atom is -0.497 e. The predicted octanol–water partition coefficient (Wildman–Crippen LogP) is 1.77. The van der Waals surface area contributed by atoms with Gasteiger partial charge in [-0.05, 0) is 29.7 Å². The SMILES string of the molecule is COc1ccc(CN2CC3(C2)CN(C(=O)Cc2ccccc2)CC2CC(O)CN23)cc1. The minimum atomic E-state index is -0.290. The molecule has 3 heterocycles. The maximum absolute atomic E-state index is 13.1. The lowest BCUT2D eigenvalue weighted by molar-refractivity contribution is -0.150. The summed E-state index contributed by atoms with van der Waals surface area (Å²) in [6.45, 7) is 4.95. The monoisotopic (exact) mass is 421 g/mol. The summed E-state index contributed by atoms with van der Waals surface area (Å²) < 4.78 is 5.26. The van der Waals surface area contributed by atoms with E-state index in [-0.39, 0.29) is 23.6 Å². The van der Waals surface area contributed by atoms with Crippen LogP contribution in [0.5, 0.6) is 5.75 Å². The Morgan fingerprint density at radius 2 is 1.77 bits per heavy atom. The van der Waals surface area contributed by atoms with Gasteiger partial charge in [0.05, 0.1) is 25.2 Å². The molecule has 3 fully saturated rings. The van der Waals surface area contributed by atoms with Crippen LogP contribution in [0.4, 0.5) is 0 Å². The summed E-state index contributed by atoms with van der Waals surface area (Å²) in [6, 6.07) is 18.5. The van der Waals surface area contributed by atoms with Gasteiger partial charge in [-0.25, -0.2) is 0 Å². The van der Waals surface area contributed by atoms with E-state index in [0.717, 1.165) is 57.0 Å². The Labute approximate surface area is 184 Å². The maximum Gasteiger partial charge on any atom is 0.227 e. The first-order chi connectivity index (χ1) is 15.0. The van der Waals surface area contributed by atoms with Gasteiger partial charge in [0.1, 0.15) is 5.75 Å². The zero-order valence-electron chi connectivity index (χ0n) is 18.1. The number of nitrogens with zero attached hydrogens (tertiary/aromatic N) is 3. The average molecular weight is 422 g/mol. The van der Waals surface area contributed by atoms with E-state index in [0.29, 0.717) is 6.42 Å². The number of rotatable bonds is 5. The molecular weight excluding hydrogens is 390 g/mol. The number of hydrogen-bond donors (Lipinski definition) is 1. The summed E-state index contributed by atoms with van der Waals surface area (Å²) in [5.74, 6) is 1.07. The molecular formula is C25H31N3O3. The molecule has 0 aromatic heterocycles. The Hall–Kier alpha value is -2.41. The number of amides is 1. The molecule has 1 N–H and O–H groups in total. The number of methoxy groups -OCH3 is 1. The zero-order chi connectivity index (χ0) is 21.4. The van der Waals surface area contributed by atoms with Gasteiger partial charge in [-0.2, -0.15) is 0 Å². The number of ether oxygens (including phenoxy) is 1. The van der Waals surface area contributed by atoms with Gasteiger partial charge in [0.15, 0.2) is 0 Å². The van der Waals surface area contributed by atoms with E-state index in [2.05, 4.69) is 26.8 Å². The van der Waals surface area contributed by atoms with Gasteiger partial charge in [0.2, 0.25) is 5.91 Å². The quantitative estimate of drug-likeness (QED) is 0.798. The third-order valence-corrected chi connectivity index (χ3v) is 7.07. The van der Waals surface area contributed by atoms with Crippen LogP contribution in [0.2, 0.25) is 0 Å². The van der Waals surface area contributed by atoms with Gasteiger partial charge in [0.25, 0.3) is 0 Å². The fourth-order valence-electron chi connectivity index (χ4n) is 5.65. The largest absolute Gasteiger partial charge is 0.497 e. The molecule has 0 radical (unpaired) electrons. The van der Waals surface area contributed by atoms with E-state index in [1.807, 2.05) is 42.5 Å². The Morgan fingerprint density at radius 3 is 2.48 bits per heavy atom. The number of carbonyl (C=O) groups is 1. The van der Waals surface area contributed by atoms with Crippen LogP contribution in [0.3, 0.4) is 0 Å². The Morgan fingerprint density at radius 1 is 1.03 bits per heavy atom. The molecule has 2 atom stereocenters. The van der Waals surface area contributed by atoms with Gasteiger partial charge < -0.3 is 14.7 Å². The van der Waals surface area contributed by atoms with Gasteiger partial charge in [-0.3, -0.25) is 14.6 Å². The maximum atomic E-state index is 13.1. The second kappa shape index (κ2) is 8.26. The highest BCUT2D eigenvalue weighted by molar-refractivity contribution is 5.79. The van der Waals surface area contributed by atoms with Crippen molar-refractivity contribution in [2.75, 3.05) is 39.8 Å². The molecule has 3 aliphatic heterocycles. The smallest absolute Gasteiger partial charge is 0.227 e. The molecule has 164 valence electrons. The number of fused-ring (bicyclic) bond motifs is 2. The summed E-state index contributed by atoms with van der Waals surface area (Å²) in [5.41, 5.74) is 2.28. The van der Waals surface area contributed by atoms with Crippen molar-refractivity contribution in [2.24, 2.45) is 0 Å². The van der Waals surface area contributed by atoms with E-state index in [1.54, 1.807) is 7.11 Å². The normalized spacial score (nSPS) is 25.3. The lowest BCUT2D eigenvalue weighted by atomic mass is 9.83. The van der Waals surface area contributed by atoms with Crippen molar-refractivity contribution >= 4 is 5.91 Å². The van der Waals surface area contributed by atoms with E-state index >= 15 is 0 Å². The van der Waals surface area contributed by atoms with Gasteiger partial charge in [-0.1, -0.05) is 42.5 Å². The molecule has 5 rings (SSSR count). The second-order valence-electron chi connectivity index (χ2n) is 9.35. The highest BCUT2D eigenvalue weighted by Gasteiger charge is 2.56. The third kappa shape index (κ3) is 4.07. The first-order valence-corrected chi connectivity index (χ1v) is 11.2. The number of aliphatic hydroxyl groups is 1. The summed E-state index contributed by atoms with van der Waals surface area (Å²) in [6.07, 6.45) is 0.915. The van der Waals surface area contributed by atoms with Crippen LogP contribution in [0, 0.1) is 0 Å². The minimum absolute atomic E-state index is 0.0424. The molecule has 3 saturated heterocycles. The number of likely N-dealkylation sites (tertiary alicyclic amines) is 1. The predicted molar refractivity (Wildman–Crippen MR) is 119 cm³/mol. The Balaban J connectivity index is 1.27. The topological polar surface area (TPSA) is 56.3 Å². The molecule has 1 spiro atoms. The average Bonchev–Trinajstić information content (AvgIpc) is 3.14. The van der Waals surface area contributed by atoms with E-state index in [1.165, 1.54) is 5.56 Å². The molecule has 6 heteroatoms. The standard InChI is InChI=1S/C25H31N3O3/c1-31-23-9-7-20(8-10-23)13-26-16-25(17-26)18-27(14-21-12-22(29)15-28(21)25)24(30)11-19-5-3-2-4-6-19/h2-10,21-22,29H,11-18H2,1H3. The summed E-state index contributed by atoms with van der Waals surface area (Å²) in [7, 11) is 1.68. The molecule has 6 nitrogen and oxygen atoms in total. The molecule has 0 saturated carbocycles. The zero-order valence-corrected chi connectivity index (χ0v) is 18.1. The lowest BCUT2D eigenvalue weighted by Gasteiger charge is -2.61. The van der Waals surface area contributed by atoms with E-state index in [4.69, 9.17) is 4.74 Å². The van der Waals surface area contributed by atoms with Crippen LogP contribution in [0.25, 0.3) is 0 Å². The number of β-amino-alcohol motifs (C(OH)–C–C–N with tert-alkyl or cyclic N) is 1. The van der Waals surface area contributed by atoms with Gasteiger partial charge in [-0.15, -0.1) is 0 Å². The van der Waals surface area contributed by atoms with Crippen LogP contribution in [0.15, 0.2) is 54.6 Å². The lowest BCUT2D eigenvalue weighted by Crippen LogP contribution is -2.78. The molecule has 0 bridgehead atoms. The summed E-state index contributed by atoms with van der Waals surface area (Å²) >= 11 is 0. The van der Waals surface area contributed by atoms with Crippen LogP contribution in [-0.2, 0) is 17.8 Å². The number of benzene rings is 2. The van der Waals surface area contributed by atoms with Crippen molar-refractivity contribution < 1.29 is 14.6 Å². The Kier molecular flexibility index (Phi) is 5.46. The van der Waals surface area contributed by atoms with E-state index < -0.39 is 0 Å². The molecule has 3 aliphatic rings. The first-order valence-electron chi connectivity index (χ1n) is 11.2. The molecule has 2 aromatic rings. The molecule has 1 amide bonds. The van der Waals surface area contributed by atoms with Crippen molar-refractivity contribution in [1.29, 1.82) is 0 Å². The highest BCUT2D eigenvalue weighted by Crippen LogP contribution is 2.39. The van der Waals surface area contributed by atoms with Crippen LogP contribution < -0.4 is 4.74 Å². The molecule has 0 aliphatic carbocycles. The van der Waals surface area contributed by atoms with Crippen LogP contribution >= 0.6 is 0 Å². The Bertz CT molecular complexity index is 911.